The van der Waals surface area contributed by atoms with Crippen molar-refractivity contribution < 1.29 is 19.7 Å². The number of carbonyl (C=O) groups excluding carboxylic acids is 1. The van der Waals surface area contributed by atoms with Crippen LogP contribution in [0.4, 0.5) is 5.69 Å². The van der Waals surface area contributed by atoms with Crippen molar-refractivity contribution in [3.63, 3.8) is 0 Å². The summed E-state index contributed by atoms with van der Waals surface area (Å²) in [5, 5.41) is 21.4. The summed E-state index contributed by atoms with van der Waals surface area (Å²) < 4.78 is 4.82. The van der Waals surface area contributed by atoms with Crippen LogP contribution in [0.3, 0.4) is 0 Å². The molecule has 3 aromatic carbocycles. The summed E-state index contributed by atoms with van der Waals surface area (Å²) in [5.74, 6) is -0.461. The smallest absolute Gasteiger partial charge is 0.337 e. The molecule has 0 amide bonds. The molecule has 3 N–H and O–H groups in total. The highest BCUT2D eigenvalue weighted by Crippen LogP contribution is 2.32. The third kappa shape index (κ3) is 4.82. The van der Waals surface area contributed by atoms with Crippen LogP contribution in [0, 0.1) is 0 Å². The number of aliphatic hydroxyl groups is 1. The lowest BCUT2D eigenvalue weighted by Gasteiger charge is -2.15. The molecule has 178 valence electrons. The van der Waals surface area contributed by atoms with Crippen molar-refractivity contribution in [3.05, 3.63) is 95.1 Å². The summed E-state index contributed by atoms with van der Waals surface area (Å²) in [5.41, 5.74) is 4.97. The Hall–Kier alpha value is -3.94. The maximum atomic E-state index is 12.0. The number of nitrogens with zero attached hydrogens (tertiary/aromatic N) is 2. The summed E-state index contributed by atoms with van der Waals surface area (Å²) in [6.45, 7) is 2.39. The normalized spacial score (nSPS) is 16.6. The van der Waals surface area contributed by atoms with E-state index in [1.165, 1.54) is 7.11 Å². The molecule has 0 radical (unpaired) electrons. The predicted octanol–water partition coefficient (Wildman–Crippen LogP) is 4.40. The molecular formula is C28H27N3O4. The minimum absolute atomic E-state index is 0.0196. The number of aromatic nitrogens is 1. The topological polar surface area (TPSA) is 98.2 Å². The van der Waals surface area contributed by atoms with Gasteiger partial charge in [0.15, 0.2) is 5.88 Å². The monoisotopic (exact) mass is 469 g/mol. The molecule has 35 heavy (non-hydrogen) atoms. The molecule has 1 unspecified atom stereocenters. The number of aliphatic imine (C=N–C) groups is 1. The standard InChI is InChI=1S/C28H27N3O4/c1-35-28(34)20-9-12-23-24(15-20)30-27(33)25(23)26(19-5-3-2-4-6-19)29-21-10-7-18(8-11-21)16-31-14-13-22(32)17-31/h2-12,15,22,30,32-33H,13-14,16-17H2,1H3. The Morgan fingerprint density at radius 2 is 1.86 bits per heavy atom. The largest absolute Gasteiger partial charge is 0.494 e. The molecule has 1 fully saturated rings. The number of hydrogen-bond acceptors (Lipinski definition) is 6. The number of carbonyl (C=O) groups is 1. The highest BCUT2D eigenvalue weighted by atomic mass is 16.5. The number of esters is 1. The number of methoxy groups -OCH3 is 1. The van der Waals surface area contributed by atoms with Crippen molar-refractivity contribution in [2.45, 2.75) is 19.1 Å². The number of fused-ring (bicyclic) bond motifs is 1. The van der Waals surface area contributed by atoms with Crippen molar-refractivity contribution in [1.82, 2.24) is 9.88 Å². The van der Waals surface area contributed by atoms with Gasteiger partial charge >= 0.3 is 5.97 Å². The Bertz CT molecular complexity index is 1380. The van der Waals surface area contributed by atoms with Crippen LogP contribution in [-0.2, 0) is 11.3 Å². The van der Waals surface area contributed by atoms with Crippen molar-refractivity contribution in [2.75, 3.05) is 20.2 Å². The fourth-order valence-electron chi connectivity index (χ4n) is 4.55. The first-order valence-electron chi connectivity index (χ1n) is 11.6. The van der Waals surface area contributed by atoms with E-state index in [0.717, 1.165) is 41.7 Å². The SMILES string of the molecule is COC(=O)c1ccc2c(C(=Nc3ccc(CN4CCC(O)C4)cc3)c3ccccc3)c(O)[nH]c2c1. The van der Waals surface area contributed by atoms with E-state index in [9.17, 15) is 15.0 Å². The average molecular weight is 470 g/mol. The maximum Gasteiger partial charge on any atom is 0.337 e. The van der Waals surface area contributed by atoms with Gasteiger partial charge in [-0.1, -0.05) is 48.5 Å². The fourth-order valence-corrected chi connectivity index (χ4v) is 4.55. The number of ether oxygens (including phenoxy) is 1. The van der Waals surface area contributed by atoms with Crippen LogP contribution in [0.5, 0.6) is 5.88 Å². The van der Waals surface area contributed by atoms with Crippen LogP contribution in [0.15, 0.2) is 77.8 Å². The van der Waals surface area contributed by atoms with Crippen LogP contribution in [0.25, 0.3) is 10.9 Å². The van der Waals surface area contributed by atoms with Crippen LogP contribution in [0.2, 0.25) is 0 Å². The summed E-state index contributed by atoms with van der Waals surface area (Å²) in [6.07, 6.45) is 0.581. The van der Waals surface area contributed by atoms with E-state index >= 15 is 0 Å². The van der Waals surface area contributed by atoms with Gasteiger partial charge in [0.2, 0.25) is 0 Å². The van der Waals surface area contributed by atoms with E-state index in [-0.39, 0.29) is 12.0 Å². The number of likely N-dealkylation sites (tertiary alicyclic amines) is 1. The molecule has 1 aliphatic rings. The zero-order valence-corrected chi connectivity index (χ0v) is 19.4. The molecule has 1 atom stereocenters. The molecule has 5 rings (SSSR count). The van der Waals surface area contributed by atoms with Gasteiger partial charge < -0.3 is 19.9 Å². The van der Waals surface area contributed by atoms with Crippen LogP contribution >= 0.6 is 0 Å². The Morgan fingerprint density at radius 3 is 2.54 bits per heavy atom. The van der Waals surface area contributed by atoms with Crippen LogP contribution in [-0.4, -0.2) is 58.1 Å². The lowest BCUT2D eigenvalue weighted by molar-refractivity contribution is 0.0601. The quantitative estimate of drug-likeness (QED) is 0.287. The van der Waals surface area contributed by atoms with Gasteiger partial charge in [-0.15, -0.1) is 0 Å². The molecule has 1 aromatic heterocycles. The first kappa shape index (κ1) is 22.8. The first-order chi connectivity index (χ1) is 17.0. The Balaban J connectivity index is 1.53. The Kier molecular flexibility index (Phi) is 6.35. The summed E-state index contributed by atoms with van der Waals surface area (Å²) >= 11 is 0. The van der Waals surface area contributed by atoms with Crippen molar-refractivity contribution in [2.24, 2.45) is 4.99 Å². The number of hydrogen-bond donors (Lipinski definition) is 3. The lowest BCUT2D eigenvalue weighted by atomic mass is 10.00. The van der Waals surface area contributed by atoms with Gasteiger partial charge in [-0.2, -0.15) is 0 Å². The molecule has 0 aliphatic carbocycles. The van der Waals surface area contributed by atoms with Gasteiger partial charge in [0, 0.05) is 36.1 Å². The average Bonchev–Trinajstić information content (AvgIpc) is 3.44. The zero-order chi connectivity index (χ0) is 24.4. The number of rotatable bonds is 6. The molecule has 0 spiro atoms. The van der Waals surface area contributed by atoms with Crippen LogP contribution < -0.4 is 0 Å². The third-order valence-corrected chi connectivity index (χ3v) is 6.31. The van der Waals surface area contributed by atoms with Crippen molar-refractivity contribution in [3.8, 4) is 5.88 Å². The van der Waals surface area contributed by atoms with Crippen molar-refractivity contribution in [1.29, 1.82) is 0 Å². The maximum absolute atomic E-state index is 12.0. The lowest BCUT2D eigenvalue weighted by Crippen LogP contribution is -2.21. The third-order valence-electron chi connectivity index (χ3n) is 6.31. The highest BCUT2D eigenvalue weighted by molar-refractivity contribution is 6.22. The second-order valence-corrected chi connectivity index (χ2v) is 8.77. The number of H-pyrrole nitrogens is 1. The molecule has 0 bridgehead atoms. The van der Waals surface area contributed by atoms with Gasteiger partial charge in [-0.25, -0.2) is 9.79 Å². The summed E-state index contributed by atoms with van der Waals surface area (Å²) in [7, 11) is 1.34. The molecular weight excluding hydrogens is 442 g/mol. The summed E-state index contributed by atoms with van der Waals surface area (Å²) in [4.78, 5) is 22.1. The van der Waals surface area contributed by atoms with E-state index in [0.29, 0.717) is 28.9 Å². The number of aromatic hydroxyl groups is 1. The van der Waals surface area contributed by atoms with Gasteiger partial charge in [0.1, 0.15) is 0 Å². The molecule has 1 aliphatic heterocycles. The van der Waals surface area contributed by atoms with Gasteiger partial charge in [0.05, 0.1) is 35.7 Å². The second-order valence-electron chi connectivity index (χ2n) is 8.77. The Morgan fingerprint density at radius 1 is 1.09 bits per heavy atom. The van der Waals surface area contributed by atoms with Gasteiger partial charge in [-0.3, -0.25) is 4.90 Å². The highest BCUT2D eigenvalue weighted by Gasteiger charge is 2.21. The molecule has 4 aromatic rings. The first-order valence-corrected chi connectivity index (χ1v) is 11.6. The molecule has 2 heterocycles. The van der Waals surface area contributed by atoms with E-state index in [1.807, 2.05) is 54.6 Å². The predicted molar refractivity (Wildman–Crippen MR) is 135 cm³/mol. The van der Waals surface area contributed by atoms with Crippen molar-refractivity contribution >= 4 is 28.3 Å². The molecule has 7 nitrogen and oxygen atoms in total. The van der Waals surface area contributed by atoms with Crippen LogP contribution in [0.1, 0.15) is 33.5 Å². The summed E-state index contributed by atoms with van der Waals surface area (Å²) in [6, 6.07) is 22.8. The van der Waals surface area contributed by atoms with Gasteiger partial charge in [-0.05, 0) is 36.2 Å². The minimum atomic E-state index is -0.442. The van der Waals surface area contributed by atoms with Gasteiger partial charge in [0.25, 0.3) is 0 Å². The molecule has 1 saturated heterocycles. The number of β-amino-alcohol motifs (C(OH)–C–C–N with tert-alkyl or cyclic N) is 1. The molecule has 7 heteroatoms. The fraction of sp³-hybridized carbons (Fsp3) is 0.214. The zero-order valence-electron chi connectivity index (χ0n) is 19.4. The molecule has 0 saturated carbocycles. The number of aromatic amines is 1. The Labute approximate surface area is 203 Å². The van der Waals surface area contributed by atoms with E-state index in [2.05, 4.69) is 9.88 Å². The number of aliphatic hydroxyl groups excluding tert-OH is 1. The minimum Gasteiger partial charge on any atom is -0.494 e. The second kappa shape index (κ2) is 9.74. The number of nitrogens with one attached hydrogen (secondary N) is 1. The van der Waals surface area contributed by atoms with E-state index in [1.54, 1.807) is 18.2 Å². The van der Waals surface area contributed by atoms with E-state index in [4.69, 9.17) is 9.73 Å². The number of benzene rings is 3. The van der Waals surface area contributed by atoms with E-state index < -0.39 is 5.97 Å².